The van der Waals surface area contributed by atoms with Crippen LogP contribution in [-0.2, 0) is 0 Å². The summed E-state index contributed by atoms with van der Waals surface area (Å²) in [6.07, 6.45) is 0. The summed E-state index contributed by atoms with van der Waals surface area (Å²) in [5.74, 6) is 0. The molecule has 0 aromatic heterocycles. The van der Waals surface area contributed by atoms with Crippen LogP contribution in [0.2, 0.25) is 0 Å². The van der Waals surface area contributed by atoms with Gasteiger partial charge in [0.2, 0.25) is 0 Å². The second-order valence-corrected chi connectivity index (χ2v) is 4.84. The highest BCUT2D eigenvalue weighted by molar-refractivity contribution is 6.10. The SMILES string of the molecule is Cc1ccc2c(c(C)cc3ccccc32)c1C. The molecule has 0 nitrogen and oxygen atoms in total. The first-order chi connectivity index (χ1) is 8.18. The van der Waals surface area contributed by atoms with E-state index < -0.39 is 0 Å². The van der Waals surface area contributed by atoms with E-state index >= 15 is 0 Å². The van der Waals surface area contributed by atoms with E-state index in [1.54, 1.807) is 0 Å². The number of hydrogen-bond acceptors (Lipinski definition) is 0. The van der Waals surface area contributed by atoms with Gasteiger partial charge in [-0.1, -0.05) is 42.5 Å². The van der Waals surface area contributed by atoms with Crippen LogP contribution in [0.15, 0.2) is 42.5 Å². The van der Waals surface area contributed by atoms with Crippen LogP contribution in [0.1, 0.15) is 16.7 Å². The van der Waals surface area contributed by atoms with E-state index in [1.165, 1.54) is 38.2 Å². The normalized spacial score (nSPS) is 11.2. The Kier molecular flexibility index (Phi) is 2.19. The summed E-state index contributed by atoms with van der Waals surface area (Å²) in [5.41, 5.74) is 4.15. The average Bonchev–Trinajstić information content (AvgIpc) is 2.33. The number of benzene rings is 3. The average molecular weight is 220 g/mol. The molecule has 0 heterocycles. The summed E-state index contributed by atoms with van der Waals surface area (Å²) < 4.78 is 0. The molecule has 0 aliphatic heterocycles. The van der Waals surface area contributed by atoms with Gasteiger partial charge in [0.25, 0.3) is 0 Å². The van der Waals surface area contributed by atoms with Crippen LogP contribution in [0, 0.1) is 20.8 Å². The van der Waals surface area contributed by atoms with Gasteiger partial charge >= 0.3 is 0 Å². The Morgan fingerprint density at radius 1 is 0.706 bits per heavy atom. The van der Waals surface area contributed by atoms with Crippen LogP contribution in [0.4, 0.5) is 0 Å². The maximum Gasteiger partial charge on any atom is -0.00999 e. The first kappa shape index (κ1) is 10.3. The standard InChI is InChI=1S/C17H16/c1-11-8-9-16-15-7-5-4-6-14(15)10-12(2)17(16)13(11)3/h4-10H,1-3H3. The lowest BCUT2D eigenvalue weighted by atomic mass is 9.93. The van der Waals surface area contributed by atoms with Crippen molar-refractivity contribution in [2.75, 3.05) is 0 Å². The summed E-state index contributed by atoms with van der Waals surface area (Å²) in [6, 6.07) is 15.4. The second-order valence-electron chi connectivity index (χ2n) is 4.84. The van der Waals surface area contributed by atoms with Crippen molar-refractivity contribution in [3.05, 3.63) is 59.2 Å². The Morgan fingerprint density at radius 3 is 2.29 bits per heavy atom. The molecule has 0 spiro atoms. The molecule has 0 fully saturated rings. The van der Waals surface area contributed by atoms with Gasteiger partial charge in [-0.25, -0.2) is 0 Å². The van der Waals surface area contributed by atoms with Crippen molar-refractivity contribution in [3.63, 3.8) is 0 Å². The van der Waals surface area contributed by atoms with Gasteiger partial charge in [-0.3, -0.25) is 0 Å². The van der Waals surface area contributed by atoms with E-state index in [0.29, 0.717) is 0 Å². The van der Waals surface area contributed by atoms with Crippen LogP contribution in [-0.4, -0.2) is 0 Å². The van der Waals surface area contributed by atoms with Gasteiger partial charge in [0.05, 0.1) is 0 Å². The molecule has 0 heteroatoms. The monoisotopic (exact) mass is 220 g/mol. The molecule has 17 heavy (non-hydrogen) atoms. The zero-order valence-corrected chi connectivity index (χ0v) is 10.5. The van der Waals surface area contributed by atoms with Crippen molar-refractivity contribution in [2.45, 2.75) is 20.8 Å². The van der Waals surface area contributed by atoms with Crippen LogP contribution in [0.25, 0.3) is 21.5 Å². The summed E-state index contributed by atoms with van der Waals surface area (Å²) in [7, 11) is 0. The third-order valence-corrected chi connectivity index (χ3v) is 3.75. The topological polar surface area (TPSA) is 0 Å². The molecule has 0 amide bonds. The molecule has 3 aromatic rings. The molecular weight excluding hydrogens is 204 g/mol. The fourth-order valence-corrected chi connectivity index (χ4v) is 2.72. The van der Waals surface area contributed by atoms with Crippen LogP contribution in [0.5, 0.6) is 0 Å². The van der Waals surface area contributed by atoms with Gasteiger partial charge in [-0.15, -0.1) is 0 Å². The van der Waals surface area contributed by atoms with Crippen molar-refractivity contribution in [1.29, 1.82) is 0 Å². The van der Waals surface area contributed by atoms with E-state index in [0.717, 1.165) is 0 Å². The molecule has 0 aliphatic carbocycles. The van der Waals surface area contributed by atoms with E-state index in [-0.39, 0.29) is 0 Å². The zero-order chi connectivity index (χ0) is 12.0. The molecule has 3 aromatic carbocycles. The van der Waals surface area contributed by atoms with Crippen molar-refractivity contribution < 1.29 is 0 Å². The minimum absolute atomic E-state index is 1.33. The number of rotatable bonds is 0. The van der Waals surface area contributed by atoms with Gasteiger partial charge in [0, 0.05) is 0 Å². The molecular formula is C17H16. The van der Waals surface area contributed by atoms with Gasteiger partial charge < -0.3 is 0 Å². The molecule has 0 unspecified atom stereocenters. The van der Waals surface area contributed by atoms with E-state index in [4.69, 9.17) is 0 Å². The maximum absolute atomic E-state index is 2.30. The maximum atomic E-state index is 2.30. The van der Waals surface area contributed by atoms with Gasteiger partial charge in [0.15, 0.2) is 0 Å². The predicted molar refractivity (Wildman–Crippen MR) is 75.7 cm³/mol. The third kappa shape index (κ3) is 1.44. The Balaban J connectivity index is 2.63. The minimum Gasteiger partial charge on any atom is -0.0616 e. The lowest BCUT2D eigenvalue weighted by Crippen LogP contribution is -1.88. The Hall–Kier alpha value is -1.82. The predicted octanol–water partition coefficient (Wildman–Crippen LogP) is 4.92. The first-order valence-electron chi connectivity index (χ1n) is 6.07. The van der Waals surface area contributed by atoms with Crippen molar-refractivity contribution >= 4 is 21.5 Å². The number of hydrogen-bond donors (Lipinski definition) is 0. The lowest BCUT2D eigenvalue weighted by Gasteiger charge is -2.12. The second kappa shape index (κ2) is 3.59. The molecule has 0 bridgehead atoms. The van der Waals surface area contributed by atoms with Crippen LogP contribution in [0.3, 0.4) is 0 Å². The van der Waals surface area contributed by atoms with Crippen LogP contribution >= 0.6 is 0 Å². The molecule has 0 saturated carbocycles. The molecule has 0 radical (unpaired) electrons. The Morgan fingerprint density at radius 2 is 1.47 bits per heavy atom. The third-order valence-electron chi connectivity index (χ3n) is 3.75. The summed E-state index contributed by atoms with van der Waals surface area (Å²) in [6.45, 7) is 6.62. The van der Waals surface area contributed by atoms with Gasteiger partial charge in [-0.05, 0) is 59.0 Å². The number of aryl methyl sites for hydroxylation is 3. The van der Waals surface area contributed by atoms with Gasteiger partial charge in [0.1, 0.15) is 0 Å². The molecule has 84 valence electrons. The molecule has 0 N–H and O–H groups in total. The van der Waals surface area contributed by atoms with Gasteiger partial charge in [-0.2, -0.15) is 0 Å². The van der Waals surface area contributed by atoms with Crippen molar-refractivity contribution in [3.8, 4) is 0 Å². The summed E-state index contributed by atoms with van der Waals surface area (Å²) >= 11 is 0. The summed E-state index contributed by atoms with van der Waals surface area (Å²) in [4.78, 5) is 0. The zero-order valence-electron chi connectivity index (χ0n) is 10.5. The first-order valence-corrected chi connectivity index (χ1v) is 6.07. The van der Waals surface area contributed by atoms with E-state index in [2.05, 4.69) is 63.2 Å². The Bertz CT molecular complexity index is 721. The number of fused-ring (bicyclic) bond motifs is 3. The fraction of sp³-hybridized carbons (Fsp3) is 0.176. The van der Waals surface area contributed by atoms with E-state index in [1.807, 2.05) is 0 Å². The largest absolute Gasteiger partial charge is 0.0616 e. The minimum atomic E-state index is 1.33. The van der Waals surface area contributed by atoms with E-state index in [9.17, 15) is 0 Å². The highest BCUT2D eigenvalue weighted by atomic mass is 14.1. The van der Waals surface area contributed by atoms with Crippen molar-refractivity contribution in [2.24, 2.45) is 0 Å². The summed E-state index contributed by atoms with van der Waals surface area (Å²) in [5, 5.41) is 5.49. The van der Waals surface area contributed by atoms with Crippen molar-refractivity contribution in [1.82, 2.24) is 0 Å². The Labute approximate surface area is 102 Å². The van der Waals surface area contributed by atoms with Crippen LogP contribution < -0.4 is 0 Å². The lowest BCUT2D eigenvalue weighted by molar-refractivity contribution is 1.37. The quantitative estimate of drug-likeness (QED) is 0.472. The molecule has 0 saturated heterocycles. The molecule has 0 atom stereocenters. The highest BCUT2D eigenvalue weighted by Gasteiger charge is 2.07. The fourth-order valence-electron chi connectivity index (χ4n) is 2.72. The smallest absolute Gasteiger partial charge is 0.00999 e. The molecule has 3 rings (SSSR count). The highest BCUT2D eigenvalue weighted by Crippen LogP contribution is 2.31. The molecule has 0 aliphatic rings.